The molecule has 0 unspecified atom stereocenters. The maximum atomic E-state index is 12.1. The number of amides is 1. The lowest BCUT2D eigenvalue weighted by Gasteiger charge is -2.02. The molecule has 0 saturated heterocycles. The van der Waals surface area contributed by atoms with Gasteiger partial charge in [0.1, 0.15) is 0 Å². The van der Waals surface area contributed by atoms with Gasteiger partial charge in [-0.15, -0.1) is 6.42 Å². The minimum Gasteiger partial charge on any atom is -0.315 e. The van der Waals surface area contributed by atoms with Crippen LogP contribution in [0.5, 0.6) is 0 Å². The van der Waals surface area contributed by atoms with Gasteiger partial charge in [-0.2, -0.15) is 0 Å². The molecule has 72 valence electrons. The van der Waals surface area contributed by atoms with Gasteiger partial charge >= 0.3 is 0 Å². The van der Waals surface area contributed by atoms with Crippen LogP contribution < -0.4 is 5.32 Å². The summed E-state index contributed by atoms with van der Waals surface area (Å²) in [4.78, 5) is 10.7. The Bertz CT molecular complexity index is 365. The number of alkyl halides is 2. The molecule has 0 spiro atoms. The number of halogens is 2. The Morgan fingerprint density at radius 2 is 1.93 bits per heavy atom. The minimum absolute atomic E-state index is 0.0938. The Labute approximate surface area is 79.9 Å². The second-order valence-corrected chi connectivity index (χ2v) is 2.52. The lowest BCUT2D eigenvalue weighted by molar-refractivity contribution is -0.111. The van der Waals surface area contributed by atoms with Crippen molar-refractivity contribution in [2.45, 2.75) is 6.43 Å². The highest BCUT2D eigenvalue weighted by Gasteiger charge is 2.06. The highest BCUT2D eigenvalue weighted by molar-refractivity contribution is 6.03. The van der Waals surface area contributed by atoms with E-state index in [0.29, 0.717) is 5.69 Å². The average Bonchev–Trinajstić information content (AvgIpc) is 2.18. The third-order valence-corrected chi connectivity index (χ3v) is 1.55. The van der Waals surface area contributed by atoms with Crippen molar-refractivity contribution in [1.29, 1.82) is 0 Å². The number of carbonyl (C=O) groups is 1. The first kappa shape index (κ1) is 10.2. The van der Waals surface area contributed by atoms with Gasteiger partial charge in [-0.1, -0.05) is 12.1 Å². The molecule has 14 heavy (non-hydrogen) atoms. The Morgan fingerprint density at radius 1 is 1.36 bits per heavy atom. The van der Waals surface area contributed by atoms with Gasteiger partial charge in [-0.25, -0.2) is 8.78 Å². The van der Waals surface area contributed by atoms with E-state index in [0.717, 1.165) is 0 Å². The molecule has 0 fully saturated rings. The zero-order chi connectivity index (χ0) is 10.6. The van der Waals surface area contributed by atoms with Crippen molar-refractivity contribution >= 4 is 11.6 Å². The Morgan fingerprint density at radius 3 is 2.36 bits per heavy atom. The van der Waals surface area contributed by atoms with E-state index in [1.54, 1.807) is 0 Å². The van der Waals surface area contributed by atoms with Crippen LogP contribution in [0.1, 0.15) is 12.0 Å². The van der Waals surface area contributed by atoms with Crippen LogP contribution in [0.4, 0.5) is 14.5 Å². The van der Waals surface area contributed by atoms with Crippen LogP contribution in [0.25, 0.3) is 0 Å². The van der Waals surface area contributed by atoms with E-state index in [2.05, 4.69) is 5.32 Å². The van der Waals surface area contributed by atoms with E-state index in [-0.39, 0.29) is 5.56 Å². The predicted octanol–water partition coefficient (Wildman–Crippen LogP) is 2.20. The molecule has 1 amide bonds. The van der Waals surface area contributed by atoms with Crippen LogP contribution in [0.15, 0.2) is 24.3 Å². The molecule has 0 aromatic heterocycles. The fourth-order valence-corrected chi connectivity index (χ4v) is 0.879. The van der Waals surface area contributed by atoms with E-state index < -0.39 is 12.3 Å². The highest BCUT2D eigenvalue weighted by Crippen LogP contribution is 2.20. The summed E-state index contributed by atoms with van der Waals surface area (Å²) in [5, 5.41) is 2.34. The van der Waals surface area contributed by atoms with Gasteiger partial charge < -0.3 is 5.32 Å². The summed E-state index contributed by atoms with van der Waals surface area (Å²) in [5.41, 5.74) is 0.307. The number of anilines is 1. The summed E-state index contributed by atoms with van der Waals surface area (Å²) < 4.78 is 24.2. The molecule has 1 aromatic carbocycles. The van der Waals surface area contributed by atoms with Crippen LogP contribution in [0, 0.1) is 12.3 Å². The Balaban J connectivity index is 2.75. The summed E-state index contributed by atoms with van der Waals surface area (Å²) in [6.45, 7) is 0. The summed E-state index contributed by atoms with van der Waals surface area (Å²) >= 11 is 0. The van der Waals surface area contributed by atoms with Gasteiger partial charge in [0, 0.05) is 11.3 Å². The van der Waals surface area contributed by atoms with Gasteiger partial charge in [0.2, 0.25) is 0 Å². The maximum Gasteiger partial charge on any atom is 0.300 e. The normalized spacial score (nSPS) is 9.57. The van der Waals surface area contributed by atoms with E-state index in [4.69, 9.17) is 6.42 Å². The lowest BCUT2D eigenvalue weighted by Crippen LogP contribution is -2.07. The molecule has 0 aliphatic rings. The van der Waals surface area contributed by atoms with Crippen LogP contribution >= 0.6 is 0 Å². The van der Waals surface area contributed by atoms with Gasteiger partial charge in [0.15, 0.2) is 0 Å². The quantitative estimate of drug-likeness (QED) is 0.720. The van der Waals surface area contributed by atoms with Crippen LogP contribution in [-0.2, 0) is 4.79 Å². The second-order valence-electron chi connectivity index (χ2n) is 2.52. The van der Waals surface area contributed by atoms with Crippen molar-refractivity contribution in [3.63, 3.8) is 0 Å². The molecule has 1 N–H and O–H groups in total. The van der Waals surface area contributed by atoms with Crippen molar-refractivity contribution in [2.75, 3.05) is 5.32 Å². The average molecular weight is 195 g/mol. The molecule has 0 heterocycles. The first-order chi connectivity index (χ1) is 6.63. The van der Waals surface area contributed by atoms with Crippen molar-refractivity contribution in [1.82, 2.24) is 0 Å². The number of hydrogen-bond acceptors (Lipinski definition) is 1. The number of terminal acetylenes is 1. The highest BCUT2D eigenvalue weighted by atomic mass is 19.3. The van der Waals surface area contributed by atoms with Crippen molar-refractivity contribution < 1.29 is 13.6 Å². The molecule has 0 saturated carbocycles. The first-order valence-corrected chi connectivity index (χ1v) is 3.79. The standard InChI is InChI=1S/C10H7F2NO/c1-2-9(14)13-8-5-3-7(4-6-8)10(11)12/h1,3-6,10H,(H,13,14). The van der Waals surface area contributed by atoms with Crippen LogP contribution in [-0.4, -0.2) is 5.91 Å². The van der Waals surface area contributed by atoms with Gasteiger partial charge in [-0.05, 0) is 18.1 Å². The molecule has 0 radical (unpaired) electrons. The Kier molecular flexibility index (Phi) is 3.19. The monoisotopic (exact) mass is 195 g/mol. The van der Waals surface area contributed by atoms with Gasteiger partial charge in [-0.3, -0.25) is 4.79 Å². The molecule has 0 atom stereocenters. The van der Waals surface area contributed by atoms with Crippen molar-refractivity contribution in [2.24, 2.45) is 0 Å². The van der Waals surface area contributed by atoms with Crippen molar-refractivity contribution in [3.8, 4) is 12.3 Å². The molecule has 0 aliphatic heterocycles. The molecule has 4 heteroatoms. The van der Waals surface area contributed by atoms with Crippen LogP contribution in [0.3, 0.4) is 0 Å². The number of rotatable bonds is 2. The van der Waals surface area contributed by atoms with Crippen molar-refractivity contribution in [3.05, 3.63) is 29.8 Å². The number of hydrogen-bond donors (Lipinski definition) is 1. The third-order valence-electron chi connectivity index (χ3n) is 1.55. The van der Waals surface area contributed by atoms with E-state index in [9.17, 15) is 13.6 Å². The molecular formula is C10H7F2NO. The fraction of sp³-hybridized carbons (Fsp3) is 0.100. The summed E-state index contributed by atoms with van der Waals surface area (Å²) in [6, 6.07) is 5.21. The second kappa shape index (κ2) is 4.38. The third kappa shape index (κ3) is 2.56. The summed E-state index contributed by atoms with van der Waals surface area (Å²) in [7, 11) is 0. The Hall–Kier alpha value is -1.89. The number of benzene rings is 1. The molecule has 0 aliphatic carbocycles. The first-order valence-electron chi connectivity index (χ1n) is 3.79. The number of carbonyl (C=O) groups excluding carboxylic acids is 1. The lowest BCUT2D eigenvalue weighted by atomic mass is 10.2. The fourth-order valence-electron chi connectivity index (χ4n) is 0.879. The van der Waals surface area contributed by atoms with E-state index in [1.807, 2.05) is 5.92 Å². The molecule has 1 aromatic rings. The zero-order valence-electron chi connectivity index (χ0n) is 7.13. The maximum absolute atomic E-state index is 12.1. The molecular weight excluding hydrogens is 188 g/mol. The SMILES string of the molecule is C#CC(=O)Nc1ccc(C(F)F)cc1. The smallest absolute Gasteiger partial charge is 0.300 e. The molecule has 0 bridgehead atoms. The summed E-state index contributed by atoms with van der Waals surface area (Å²) in [6.07, 6.45) is 2.31. The number of nitrogens with one attached hydrogen (secondary N) is 1. The van der Waals surface area contributed by atoms with E-state index in [1.165, 1.54) is 24.3 Å². The predicted molar refractivity (Wildman–Crippen MR) is 48.9 cm³/mol. The van der Waals surface area contributed by atoms with E-state index >= 15 is 0 Å². The molecule has 2 nitrogen and oxygen atoms in total. The largest absolute Gasteiger partial charge is 0.315 e. The molecule has 1 rings (SSSR count). The topological polar surface area (TPSA) is 29.1 Å². The minimum atomic E-state index is -2.51. The van der Waals surface area contributed by atoms with Gasteiger partial charge in [0.25, 0.3) is 12.3 Å². The van der Waals surface area contributed by atoms with Gasteiger partial charge in [0.05, 0.1) is 0 Å². The van der Waals surface area contributed by atoms with Crippen LogP contribution in [0.2, 0.25) is 0 Å². The zero-order valence-corrected chi connectivity index (χ0v) is 7.13. The summed E-state index contributed by atoms with van der Waals surface area (Å²) in [5.74, 6) is 1.25.